The first kappa shape index (κ1) is 15.6. The smallest absolute Gasteiger partial charge is 0.341 e. The summed E-state index contributed by atoms with van der Waals surface area (Å²) < 4.78 is 50.4. The SMILES string of the molecule is CC(C)CS(=O)(=O)Cc1ccc(F)c(C(=O)O)c1F. The lowest BCUT2D eigenvalue weighted by atomic mass is 10.1. The first-order chi connectivity index (χ1) is 8.64. The highest BCUT2D eigenvalue weighted by molar-refractivity contribution is 7.90. The van der Waals surface area contributed by atoms with Gasteiger partial charge in [-0.2, -0.15) is 0 Å². The van der Waals surface area contributed by atoms with Crippen LogP contribution in [0.5, 0.6) is 0 Å². The zero-order valence-electron chi connectivity index (χ0n) is 10.5. The summed E-state index contributed by atoms with van der Waals surface area (Å²) in [7, 11) is -3.57. The zero-order valence-corrected chi connectivity index (χ0v) is 11.3. The van der Waals surface area contributed by atoms with E-state index < -0.39 is 38.8 Å². The van der Waals surface area contributed by atoms with E-state index in [0.29, 0.717) is 0 Å². The molecule has 0 aromatic heterocycles. The normalized spacial score (nSPS) is 11.8. The van der Waals surface area contributed by atoms with Gasteiger partial charge in [0.25, 0.3) is 0 Å². The Labute approximate surface area is 110 Å². The second kappa shape index (κ2) is 5.64. The molecule has 1 aromatic carbocycles. The number of hydrogen-bond acceptors (Lipinski definition) is 3. The summed E-state index contributed by atoms with van der Waals surface area (Å²) in [4.78, 5) is 10.7. The second-order valence-electron chi connectivity index (χ2n) is 4.65. The molecule has 4 nitrogen and oxygen atoms in total. The van der Waals surface area contributed by atoms with E-state index in [9.17, 15) is 22.0 Å². The molecule has 0 radical (unpaired) electrons. The van der Waals surface area contributed by atoms with Gasteiger partial charge in [-0.3, -0.25) is 0 Å². The predicted molar refractivity (Wildman–Crippen MR) is 65.6 cm³/mol. The number of carbonyl (C=O) groups is 1. The van der Waals surface area contributed by atoms with E-state index in [4.69, 9.17) is 5.11 Å². The second-order valence-corrected chi connectivity index (χ2v) is 6.76. The average Bonchev–Trinajstić information content (AvgIpc) is 2.19. The highest BCUT2D eigenvalue weighted by Gasteiger charge is 2.23. The van der Waals surface area contributed by atoms with Crippen molar-refractivity contribution >= 4 is 15.8 Å². The van der Waals surface area contributed by atoms with Crippen molar-refractivity contribution in [3.05, 3.63) is 34.9 Å². The number of sulfone groups is 1. The lowest BCUT2D eigenvalue weighted by Crippen LogP contribution is -2.16. The summed E-state index contributed by atoms with van der Waals surface area (Å²) in [6, 6.07) is 1.71. The lowest BCUT2D eigenvalue weighted by molar-refractivity contribution is 0.0686. The van der Waals surface area contributed by atoms with Crippen LogP contribution in [0, 0.1) is 17.6 Å². The summed E-state index contributed by atoms with van der Waals surface area (Å²) >= 11 is 0. The van der Waals surface area contributed by atoms with Crippen molar-refractivity contribution < 1.29 is 27.1 Å². The molecule has 106 valence electrons. The van der Waals surface area contributed by atoms with Crippen molar-refractivity contribution in [3.8, 4) is 0 Å². The molecule has 0 saturated heterocycles. The van der Waals surface area contributed by atoms with Crippen molar-refractivity contribution in [2.45, 2.75) is 19.6 Å². The summed E-state index contributed by atoms with van der Waals surface area (Å²) in [6.45, 7) is 3.39. The standard InChI is InChI=1S/C12H14F2O4S/c1-7(2)5-19(17,18)6-8-3-4-9(13)10(11(8)14)12(15)16/h3-4,7H,5-6H2,1-2H3,(H,15,16). The quantitative estimate of drug-likeness (QED) is 0.903. The van der Waals surface area contributed by atoms with Crippen molar-refractivity contribution in [1.82, 2.24) is 0 Å². The maximum absolute atomic E-state index is 13.8. The Bertz CT molecular complexity index is 594. The van der Waals surface area contributed by atoms with Crippen molar-refractivity contribution in [2.24, 2.45) is 5.92 Å². The lowest BCUT2D eigenvalue weighted by Gasteiger charge is -2.09. The zero-order chi connectivity index (χ0) is 14.8. The van der Waals surface area contributed by atoms with E-state index in [-0.39, 0.29) is 17.2 Å². The van der Waals surface area contributed by atoms with Gasteiger partial charge in [-0.1, -0.05) is 19.9 Å². The molecule has 0 unspecified atom stereocenters. The molecular weight excluding hydrogens is 278 g/mol. The van der Waals surface area contributed by atoms with Crippen LogP contribution in [0.3, 0.4) is 0 Å². The van der Waals surface area contributed by atoms with Gasteiger partial charge in [0.1, 0.15) is 17.2 Å². The van der Waals surface area contributed by atoms with Crippen molar-refractivity contribution in [1.29, 1.82) is 0 Å². The summed E-state index contributed by atoms with van der Waals surface area (Å²) in [5, 5.41) is 8.69. The van der Waals surface area contributed by atoms with Crippen LogP contribution in [-0.4, -0.2) is 25.2 Å². The monoisotopic (exact) mass is 292 g/mol. The van der Waals surface area contributed by atoms with Gasteiger partial charge in [-0.05, 0) is 12.0 Å². The molecule has 19 heavy (non-hydrogen) atoms. The summed E-state index contributed by atoms with van der Waals surface area (Å²) in [5.74, 6) is -5.25. The number of carboxylic acids is 1. The first-order valence-electron chi connectivity index (χ1n) is 5.54. The third-order valence-electron chi connectivity index (χ3n) is 2.35. The Morgan fingerprint density at radius 3 is 2.37 bits per heavy atom. The highest BCUT2D eigenvalue weighted by atomic mass is 32.2. The maximum atomic E-state index is 13.8. The number of aromatic carboxylic acids is 1. The number of rotatable bonds is 5. The Morgan fingerprint density at radius 2 is 1.89 bits per heavy atom. The Hall–Kier alpha value is -1.50. The fourth-order valence-electron chi connectivity index (χ4n) is 1.71. The first-order valence-corrected chi connectivity index (χ1v) is 7.36. The van der Waals surface area contributed by atoms with Crippen LogP contribution >= 0.6 is 0 Å². The van der Waals surface area contributed by atoms with Crippen molar-refractivity contribution in [2.75, 3.05) is 5.75 Å². The van der Waals surface area contributed by atoms with Crippen LogP contribution in [0.1, 0.15) is 29.8 Å². The van der Waals surface area contributed by atoms with Gasteiger partial charge < -0.3 is 5.11 Å². The molecule has 0 aliphatic rings. The summed E-state index contributed by atoms with van der Waals surface area (Å²) in [5.41, 5.74) is -1.46. The Morgan fingerprint density at radius 1 is 1.32 bits per heavy atom. The number of carboxylic acid groups (broad SMARTS) is 1. The largest absolute Gasteiger partial charge is 0.477 e. The number of hydrogen-bond donors (Lipinski definition) is 1. The van der Waals surface area contributed by atoms with E-state index in [1.807, 2.05) is 0 Å². The van der Waals surface area contributed by atoms with Gasteiger partial charge in [-0.25, -0.2) is 22.0 Å². The van der Waals surface area contributed by atoms with Gasteiger partial charge in [0, 0.05) is 5.56 Å². The molecule has 7 heteroatoms. The molecule has 0 fully saturated rings. The topological polar surface area (TPSA) is 71.4 Å². The fraction of sp³-hybridized carbons (Fsp3) is 0.417. The number of benzene rings is 1. The molecule has 0 atom stereocenters. The van der Waals surface area contributed by atoms with E-state index in [1.54, 1.807) is 13.8 Å². The van der Waals surface area contributed by atoms with Crippen LogP contribution in [-0.2, 0) is 15.6 Å². The number of halogens is 2. The molecule has 1 rings (SSSR count). The molecule has 0 bridgehead atoms. The van der Waals surface area contributed by atoms with E-state index >= 15 is 0 Å². The minimum atomic E-state index is -3.57. The van der Waals surface area contributed by atoms with Gasteiger partial charge in [0.15, 0.2) is 9.84 Å². The molecular formula is C12H14F2O4S. The molecule has 0 saturated carbocycles. The average molecular weight is 292 g/mol. The van der Waals surface area contributed by atoms with E-state index in [0.717, 1.165) is 12.1 Å². The molecule has 1 aromatic rings. The molecule has 0 spiro atoms. The van der Waals surface area contributed by atoms with Crippen LogP contribution < -0.4 is 0 Å². The van der Waals surface area contributed by atoms with Gasteiger partial charge in [-0.15, -0.1) is 0 Å². The maximum Gasteiger partial charge on any atom is 0.341 e. The molecule has 0 aliphatic carbocycles. The highest BCUT2D eigenvalue weighted by Crippen LogP contribution is 2.20. The Kier molecular flexibility index (Phi) is 4.62. The van der Waals surface area contributed by atoms with Gasteiger partial charge in [0.2, 0.25) is 0 Å². The van der Waals surface area contributed by atoms with Crippen LogP contribution in [0.25, 0.3) is 0 Å². The minimum Gasteiger partial charge on any atom is -0.477 e. The van der Waals surface area contributed by atoms with Crippen LogP contribution in [0.2, 0.25) is 0 Å². The Balaban J connectivity index is 3.17. The fourth-order valence-corrected chi connectivity index (χ4v) is 3.54. The molecule has 0 amide bonds. The predicted octanol–water partition coefficient (Wildman–Crippen LogP) is 2.23. The minimum absolute atomic E-state index is 0.132. The van der Waals surface area contributed by atoms with Gasteiger partial charge >= 0.3 is 5.97 Å². The third-order valence-corrected chi connectivity index (χ3v) is 4.27. The van der Waals surface area contributed by atoms with Crippen molar-refractivity contribution in [3.63, 3.8) is 0 Å². The third kappa shape index (κ3) is 3.99. The molecule has 1 N–H and O–H groups in total. The van der Waals surface area contributed by atoms with E-state index in [1.165, 1.54) is 0 Å². The van der Waals surface area contributed by atoms with E-state index in [2.05, 4.69) is 0 Å². The van der Waals surface area contributed by atoms with Crippen LogP contribution in [0.4, 0.5) is 8.78 Å². The van der Waals surface area contributed by atoms with Gasteiger partial charge in [0.05, 0.1) is 11.5 Å². The molecule has 0 aliphatic heterocycles. The molecule has 0 heterocycles. The summed E-state index contributed by atoms with van der Waals surface area (Å²) in [6.07, 6.45) is 0. The van der Waals surface area contributed by atoms with Crippen LogP contribution in [0.15, 0.2) is 12.1 Å².